The maximum Gasteiger partial charge on any atom is 0.240 e. The van der Waals surface area contributed by atoms with Crippen molar-refractivity contribution in [3.05, 3.63) is 0 Å². The van der Waals surface area contributed by atoms with E-state index in [0.29, 0.717) is 27.7 Å². The predicted octanol–water partition coefficient (Wildman–Crippen LogP) is -2.90. The summed E-state index contributed by atoms with van der Waals surface area (Å²) >= 11 is 0. The van der Waals surface area contributed by atoms with Gasteiger partial charge in [0.15, 0.2) is 28.7 Å². The predicted molar refractivity (Wildman–Crippen MR) is 69.7 cm³/mol. The van der Waals surface area contributed by atoms with E-state index in [1.807, 2.05) is 0 Å². The number of Topliss-reactive ketones (excluding diaryl/α,β-unsaturated/α-hetero) is 5. The second-order valence-corrected chi connectivity index (χ2v) is 4.99. The number of hydrogen-bond donors (Lipinski definition) is 4. The minimum Gasteiger partial charge on any atom is -0.393 e. The van der Waals surface area contributed by atoms with Crippen LogP contribution in [0.2, 0.25) is 0 Å². The molecule has 0 aromatic heterocycles. The van der Waals surface area contributed by atoms with Crippen molar-refractivity contribution in [1.29, 1.82) is 0 Å². The zero-order chi connectivity index (χ0) is 18.1. The van der Waals surface area contributed by atoms with E-state index in [0.717, 1.165) is 0 Å². The van der Waals surface area contributed by atoms with E-state index in [-0.39, 0.29) is 0 Å². The van der Waals surface area contributed by atoms with Crippen LogP contribution in [0.5, 0.6) is 0 Å². The first-order chi connectivity index (χ1) is 9.74. The van der Waals surface area contributed by atoms with Crippen LogP contribution in [0, 0.1) is 0 Å². The van der Waals surface area contributed by atoms with Crippen molar-refractivity contribution in [2.75, 3.05) is 6.61 Å². The van der Waals surface area contributed by atoms with Crippen molar-refractivity contribution in [2.45, 2.75) is 44.5 Å². The van der Waals surface area contributed by atoms with Gasteiger partial charge in [0.25, 0.3) is 0 Å². The first-order valence-electron chi connectivity index (χ1n) is 6.11. The third kappa shape index (κ3) is 2.41. The molecule has 3 atom stereocenters. The number of ketones is 5. The summed E-state index contributed by atoms with van der Waals surface area (Å²) in [6.07, 6.45) is 0. The summed E-state index contributed by atoms with van der Waals surface area (Å²) in [7, 11) is 0. The van der Waals surface area contributed by atoms with Gasteiger partial charge in [-0.3, -0.25) is 24.0 Å². The first-order valence-corrected chi connectivity index (χ1v) is 6.11. The van der Waals surface area contributed by atoms with Crippen LogP contribution in [0.15, 0.2) is 0 Å². The summed E-state index contributed by atoms with van der Waals surface area (Å²) in [6, 6.07) is 0. The minimum atomic E-state index is -3.74. The molecule has 0 aromatic carbocycles. The minimum absolute atomic E-state index is 0.574. The zero-order valence-corrected chi connectivity index (χ0v) is 12.5. The van der Waals surface area contributed by atoms with Crippen molar-refractivity contribution in [2.24, 2.45) is 0 Å². The van der Waals surface area contributed by atoms with Crippen molar-refractivity contribution >= 4 is 28.9 Å². The lowest BCUT2D eigenvalue weighted by Crippen LogP contribution is -2.79. The topological polar surface area (TPSA) is 166 Å². The normalized spacial score (nSPS) is 19.3. The Hall–Kier alpha value is -1.81. The number of carbonyl (C=O) groups excluding carboxylic acids is 5. The Balaban J connectivity index is 6.88. The highest BCUT2D eigenvalue weighted by atomic mass is 16.4. The Labute approximate surface area is 125 Å². The monoisotopic (exact) mass is 318 g/mol. The van der Waals surface area contributed by atoms with Crippen LogP contribution in [0.4, 0.5) is 0 Å². The molecule has 9 nitrogen and oxygen atoms in total. The zero-order valence-electron chi connectivity index (χ0n) is 12.5. The Bertz CT molecular complexity index is 552. The largest absolute Gasteiger partial charge is 0.393 e. The Morgan fingerprint density at radius 3 is 1.36 bits per heavy atom. The van der Waals surface area contributed by atoms with Gasteiger partial charge in [-0.25, -0.2) is 0 Å². The maximum atomic E-state index is 11.9. The van der Waals surface area contributed by atoms with Gasteiger partial charge in [0.05, 0.1) is 6.61 Å². The molecule has 0 amide bonds. The number of carbonyl (C=O) groups is 5. The van der Waals surface area contributed by atoms with E-state index in [1.165, 1.54) is 0 Å². The molecule has 22 heavy (non-hydrogen) atoms. The standard InChI is InChI=1S/C13H18O9/c1-6(15)10(19)12(21,8(3)17)13(22,9(4)18)11(20,5-14)7(2)16/h14,20-22H,5H2,1-4H3/t11-,12-,13-/m0/s1. The van der Waals surface area contributed by atoms with E-state index in [4.69, 9.17) is 0 Å². The van der Waals surface area contributed by atoms with Crippen molar-refractivity contribution in [3.8, 4) is 0 Å². The molecular weight excluding hydrogens is 300 g/mol. The lowest BCUT2D eigenvalue weighted by molar-refractivity contribution is -0.231. The van der Waals surface area contributed by atoms with Crippen LogP contribution in [-0.2, 0) is 24.0 Å². The molecule has 0 aliphatic rings. The van der Waals surface area contributed by atoms with Crippen LogP contribution >= 0.6 is 0 Å². The summed E-state index contributed by atoms with van der Waals surface area (Å²) in [5, 5.41) is 40.1. The Morgan fingerprint density at radius 1 is 0.773 bits per heavy atom. The Kier molecular flexibility index (Phi) is 5.62. The third-order valence-corrected chi connectivity index (χ3v) is 3.60. The smallest absolute Gasteiger partial charge is 0.240 e. The van der Waals surface area contributed by atoms with E-state index in [9.17, 15) is 44.4 Å². The maximum absolute atomic E-state index is 11.9. The molecule has 0 radical (unpaired) electrons. The van der Waals surface area contributed by atoms with E-state index < -0.39 is 52.3 Å². The molecular formula is C13H18O9. The number of hydrogen-bond acceptors (Lipinski definition) is 9. The van der Waals surface area contributed by atoms with E-state index in [1.54, 1.807) is 0 Å². The van der Waals surface area contributed by atoms with Crippen molar-refractivity contribution in [1.82, 2.24) is 0 Å². The first kappa shape index (κ1) is 20.2. The molecule has 0 heterocycles. The van der Waals surface area contributed by atoms with Gasteiger partial charge in [-0.2, -0.15) is 0 Å². The summed E-state index contributed by atoms with van der Waals surface area (Å²) in [6.45, 7) is 0.877. The van der Waals surface area contributed by atoms with Crippen LogP contribution in [0.1, 0.15) is 27.7 Å². The lowest BCUT2D eigenvalue weighted by Gasteiger charge is -2.46. The molecule has 0 unspecified atom stereocenters. The molecule has 9 heteroatoms. The van der Waals surface area contributed by atoms with Crippen molar-refractivity contribution < 1.29 is 44.4 Å². The highest BCUT2D eigenvalue weighted by Gasteiger charge is 2.72. The third-order valence-electron chi connectivity index (χ3n) is 3.60. The fourth-order valence-corrected chi connectivity index (χ4v) is 2.16. The van der Waals surface area contributed by atoms with E-state index >= 15 is 0 Å². The summed E-state index contributed by atoms with van der Waals surface area (Å²) in [5.74, 6) is -7.82. The van der Waals surface area contributed by atoms with Gasteiger partial charge < -0.3 is 20.4 Å². The van der Waals surface area contributed by atoms with Gasteiger partial charge in [0, 0.05) is 6.92 Å². The van der Waals surface area contributed by atoms with Crippen molar-refractivity contribution in [3.63, 3.8) is 0 Å². The van der Waals surface area contributed by atoms with Crippen LogP contribution in [0.25, 0.3) is 0 Å². The highest BCUT2D eigenvalue weighted by Crippen LogP contribution is 2.37. The molecule has 4 N–H and O–H groups in total. The van der Waals surface area contributed by atoms with Gasteiger partial charge in [-0.05, 0) is 20.8 Å². The molecule has 0 fully saturated rings. The average Bonchev–Trinajstić information content (AvgIpc) is 2.42. The van der Waals surface area contributed by atoms with Gasteiger partial charge in [-0.1, -0.05) is 0 Å². The number of aliphatic hydroxyl groups excluding tert-OH is 1. The SMILES string of the molecule is CC(=O)C(=O)[C@@](O)(C(C)=O)[C@](O)(C(C)=O)[C@](O)(CO)C(C)=O. The highest BCUT2D eigenvalue weighted by molar-refractivity contribution is 6.45. The van der Waals surface area contributed by atoms with Gasteiger partial charge in [0.2, 0.25) is 17.0 Å². The van der Waals surface area contributed by atoms with Crippen LogP contribution in [-0.4, -0.2) is 72.8 Å². The van der Waals surface area contributed by atoms with Gasteiger partial charge in [-0.15, -0.1) is 0 Å². The second kappa shape index (κ2) is 6.13. The van der Waals surface area contributed by atoms with Gasteiger partial charge in [0.1, 0.15) is 0 Å². The lowest BCUT2D eigenvalue weighted by atomic mass is 9.63. The molecule has 0 spiro atoms. The summed E-state index contributed by atoms with van der Waals surface area (Å²) < 4.78 is 0. The van der Waals surface area contributed by atoms with Gasteiger partial charge >= 0.3 is 0 Å². The summed E-state index contributed by atoms with van der Waals surface area (Å²) in [5.41, 5.74) is -10.8. The van der Waals surface area contributed by atoms with Crippen LogP contribution in [0.3, 0.4) is 0 Å². The molecule has 0 aliphatic heterocycles. The van der Waals surface area contributed by atoms with Crippen LogP contribution < -0.4 is 0 Å². The number of rotatable bonds is 8. The average molecular weight is 318 g/mol. The molecule has 0 saturated heterocycles. The molecule has 124 valence electrons. The second-order valence-electron chi connectivity index (χ2n) is 4.99. The molecule has 0 aromatic rings. The fraction of sp³-hybridized carbons (Fsp3) is 0.615. The molecule has 0 bridgehead atoms. The Morgan fingerprint density at radius 2 is 1.18 bits per heavy atom. The fourth-order valence-electron chi connectivity index (χ4n) is 2.16. The quantitative estimate of drug-likeness (QED) is 0.271. The summed E-state index contributed by atoms with van der Waals surface area (Å²) in [4.78, 5) is 58.2. The molecule has 0 aliphatic carbocycles. The van der Waals surface area contributed by atoms with E-state index in [2.05, 4.69) is 0 Å². The molecule has 0 rings (SSSR count). The molecule has 0 saturated carbocycles. The number of aliphatic hydroxyl groups is 4.